The van der Waals surface area contributed by atoms with Gasteiger partial charge in [0.05, 0.1) is 0 Å². The first-order valence-corrected chi connectivity index (χ1v) is 7.45. The number of nitrogens with two attached hydrogens (primary N) is 1. The number of benzene rings is 1. The van der Waals surface area contributed by atoms with Gasteiger partial charge < -0.3 is 5.73 Å². The van der Waals surface area contributed by atoms with Crippen LogP contribution in [0.2, 0.25) is 0 Å². The third kappa shape index (κ3) is 4.48. The molecule has 2 N–H and O–H groups in total. The zero-order valence-electron chi connectivity index (χ0n) is 12.0. The summed E-state index contributed by atoms with van der Waals surface area (Å²) < 4.78 is 0. The molecule has 2 atom stereocenters. The topological polar surface area (TPSA) is 29.3 Å². The molecule has 104 valence electrons. The van der Waals surface area contributed by atoms with Crippen molar-refractivity contribution in [1.29, 1.82) is 0 Å². The van der Waals surface area contributed by atoms with Gasteiger partial charge >= 0.3 is 0 Å². The van der Waals surface area contributed by atoms with Gasteiger partial charge in [-0.2, -0.15) is 0 Å². The van der Waals surface area contributed by atoms with Crippen LogP contribution in [-0.2, 0) is 0 Å². The van der Waals surface area contributed by atoms with Crippen LogP contribution in [0.25, 0.3) is 6.08 Å². The maximum atomic E-state index is 5.95. The van der Waals surface area contributed by atoms with Crippen LogP contribution in [0, 0.1) is 5.92 Å². The molecule has 1 saturated heterocycles. The zero-order chi connectivity index (χ0) is 13.5. The lowest BCUT2D eigenvalue weighted by Gasteiger charge is -2.36. The second-order valence-electron chi connectivity index (χ2n) is 5.68. The molecule has 0 aliphatic carbocycles. The number of likely N-dealkylation sites (tertiary alicyclic amines) is 1. The van der Waals surface area contributed by atoms with E-state index in [-0.39, 0.29) is 0 Å². The fourth-order valence-electron chi connectivity index (χ4n) is 2.88. The Bertz CT molecular complexity index is 386. The van der Waals surface area contributed by atoms with Crippen LogP contribution < -0.4 is 5.73 Å². The summed E-state index contributed by atoms with van der Waals surface area (Å²) in [7, 11) is 0. The van der Waals surface area contributed by atoms with Crippen LogP contribution in [0.3, 0.4) is 0 Å². The van der Waals surface area contributed by atoms with Gasteiger partial charge in [-0.3, -0.25) is 4.90 Å². The molecule has 0 spiro atoms. The Hall–Kier alpha value is -1.12. The minimum atomic E-state index is 0.503. The van der Waals surface area contributed by atoms with E-state index in [1.54, 1.807) is 0 Å². The number of rotatable bonds is 5. The minimum absolute atomic E-state index is 0.503. The summed E-state index contributed by atoms with van der Waals surface area (Å²) in [6.07, 6.45) is 8.22. The van der Waals surface area contributed by atoms with Crippen molar-refractivity contribution in [3.8, 4) is 0 Å². The first kappa shape index (κ1) is 14.3. The number of hydrogen-bond donors (Lipinski definition) is 1. The smallest absolute Gasteiger partial charge is 0.0253 e. The Balaban J connectivity index is 1.87. The molecule has 1 heterocycles. The van der Waals surface area contributed by atoms with E-state index in [0.717, 1.165) is 18.9 Å². The van der Waals surface area contributed by atoms with E-state index < -0.39 is 0 Å². The van der Waals surface area contributed by atoms with Gasteiger partial charge in [-0.1, -0.05) is 49.4 Å². The van der Waals surface area contributed by atoms with E-state index in [9.17, 15) is 0 Å². The minimum Gasteiger partial charge on any atom is -0.329 e. The van der Waals surface area contributed by atoms with Crippen molar-refractivity contribution in [1.82, 2.24) is 4.90 Å². The van der Waals surface area contributed by atoms with Crippen molar-refractivity contribution in [3.05, 3.63) is 42.0 Å². The maximum Gasteiger partial charge on any atom is 0.0253 e. The predicted octanol–water partition coefficient (Wildman–Crippen LogP) is 3.15. The molecule has 2 rings (SSSR count). The molecule has 0 aromatic heterocycles. The third-order valence-corrected chi connectivity index (χ3v) is 3.99. The van der Waals surface area contributed by atoms with Crippen LogP contribution in [-0.4, -0.2) is 30.6 Å². The van der Waals surface area contributed by atoms with Gasteiger partial charge in [-0.15, -0.1) is 0 Å². The molecule has 2 heteroatoms. The lowest BCUT2D eigenvalue weighted by molar-refractivity contribution is 0.134. The van der Waals surface area contributed by atoms with Crippen LogP contribution in [0.1, 0.15) is 31.7 Å². The summed E-state index contributed by atoms with van der Waals surface area (Å²) in [5, 5.41) is 0. The van der Waals surface area contributed by atoms with Crippen molar-refractivity contribution in [2.75, 3.05) is 19.6 Å². The molecule has 0 saturated carbocycles. The van der Waals surface area contributed by atoms with Crippen LogP contribution >= 0.6 is 0 Å². The normalized spacial score (nSPS) is 22.7. The van der Waals surface area contributed by atoms with Crippen LogP contribution in [0.4, 0.5) is 0 Å². The Morgan fingerprint density at radius 2 is 2.16 bits per heavy atom. The summed E-state index contributed by atoms with van der Waals surface area (Å²) in [6.45, 7) is 5.53. The van der Waals surface area contributed by atoms with Gasteiger partial charge in [0, 0.05) is 19.1 Å². The molecule has 2 unspecified atom stereocenters. The highest BCUT2D eigenvalue weighted by molar-refractivity contribution is 5.48. The van der Waals surface area contributed by atoms with E-state index >= 15 is 0 Å². The summed E-state index contributed by atoms with van der Waals surface area (Å²) >= 11 is 0. The van der Waals surface area contributed by atoms with E-state index in [2.05, 4.69) is 54.3 Å². The van der Waals surface area contributed by atoms with Crippen molar-refractivity contribution in [3.63, 3.8) is 0 Å². The van der Waals surface area contributed by atoms with Gasteiger partial charge in [0.25, 0.3) is 0 Å². The summed E-state index contributed by atoms with van der Waals surface area (Å²) in [5.41, 5.74) is 7.22. The molecule has 1 aromatic carbocycles. The molecular formula is C17H26N2. The van der Waals surface area contributed by atoms with Gasteiger partial charge in [0.1, 0.15) is 0 Å². The molecule has 0 bridgehead atoms. The first-order valence-electron chi connectivity index (χ1n) is 7.45. The highest BCUT2D eigenvalue weighted by Gasteiger charge is 2.21. The second-order valence-corrected chi connectivity index (χ2v) is 5.68. The summed E-state index contributed by atoms with van der Waals surface area (Å²) in [6, 6.07) is 11.0. The quantitative estimate of drug-likeness (QED) is 0.879. The molecule has 1 aliphatic rings. The molecule has 0 amide bonds. The number of nitrogens with zero attached hydrogens (tertiary/aromatic N) is 1. The van der Waals surface area contributed by atoms with Crippen LogP contribution in [0.15, 0.2) is 36.4 Å². The van der Waals surface area contributed by atoms with Crippen LogP contribution in [0.5, 0.6) is 0 Å². The third-order valence-electron chi connectivity index (χ3n) is 3.99. The average molecular weight is 258 g/mol. The lowest BCUT2D eigenvalue weighted by Crippen LogP contribution is -2.45. The fourth-order valence-corrected chi connectivity index (χ4v) is 2.88. The Kier molecular flexibility index (Phi) is 5.62. The zero-order valence-corrected chi connectivity index (χ0v) is 12.0. The van der Waals surface area contributed by atoms with Gasteiger partial charge in [0.15, 0.2) is 0 Å². The summed E-state index contributed by atoms with van der Waals surface area (Å²) in [5.74, 6) is 0.820. The Morgan fingerprint density at radius 3 is 2.84 bits per heavy atom. The highest BCUT2D eigenvalue weighted by Crippen LogP contribution is 2.19. The van der Waals surface area contributed by atoms with Crippen molar-refractivity contribution < 1.29 is 0 Å². The highest BCUT2D eigenvalue weighted by atomic mass is 15.2. The van der Waals surface area contributed by atoms with E-state index in [1.807, 2.05) is 0 Å². The summed E-state index contributed by atoms with van der Waals surface area (Å²) in [4.78, 5) is 2.57. The molecule has 1 aromatic rings. The molecule has 0 radical (unpaired) electrons. The SMILES string of the molecule is CC1CCCN(C(CN)C/C=C\c2ccccc2)C1. The van der Waals surface area contributed by atoms with Crippen molar-refractivity contribution in [2.24, 2.45) is 11.7 Å². The fraction of sp³-hybridized carbons (Fsp3) is 0.529. The number of piperidine rings is 1. The molecular weight excluding hydrogens is 232 g/mol. The Labute approximate surface area is 117 Å². The second kappa shape index (κ2) is 7.46. The van der Waals surface area contributed by atoms with Gasteiger partial charge in [-0.05, 0) is 37.3 Å². The van der Waals surface area contributed by atoms with Gasteiger partial charge in [-0.25, -0.2) is 0 Å². The molecule has 2 nitrogen and oxygen atoms in total. The lowest BCUT2D eigenvalue weighted by atomic mass is 9.97. The standard InChI is InChI=1S/C17H26N2/c1-15-7-6-12-19(14-15)17(13-18)11-5-10-16-8-3-2-4-9-16/h2-5,8-10,15,17H,6-7,11-14,18H2,1H3/b10-5-. The molecule has 19 heavy (non-hydrogen) atoms. The molecule has 1 fully saturated rings. The van der Waals surface area contributed by atoms with E-state index in [4.69, 9.17) is 5.73 Å². The van der Waals surface area contributed by atoms with Crippen molar-refractivity contribution >= 4 is 6.08 Å². The first-order chi connectivity index (χ1) is 9.29. The van der Waals surface area contributed by atoms with Gasteiger partial charge in [0.2, 0.25) is 0 Å². The molecule has 1 aliphatic heterocycles. The largest absolute Gasteiger partial charge is 0.329 e. The van der Waals surface area contributed by atoms with Crippen molar-refractivity contribution in [2.45, 2.75) is 32.2 Å². The average Bonchev–Trinajstić information content (AvgIpc) is 2.45. The maximum absolute atomic E-state index is 5.95. The monoisotopic (exact) mass is 258 g/mol. The van der Waals surface area contributed by atoms with E-state index in [1.165, 1.54) is 31.5 Å². The Morgan fingerprint density at radius 1 is 1.37 bits per heavy atom. The van der Waals surface area contributed by atoms with E-state index in [0.29, 0.717) is 6.04 Å². The number of hydrogen-bond acceptors (Lipinski definition) is 2. The predicted molar refractivity (Wildman–Crippen MR) is 82.9 cm³/mol.